The van der Waals surface area contributed by atoms with Crippen molar-refractivity contribution in [2.45, 2.75) is 32.6 Å². The van der Waals surface area contributed by atoms with Crippen molar-refractivity contribution in [2.24, 2.45) is 5.92 Å². The van der Waals surface area contributed by atoms with Crippen LogP contribution in [0.25, 0.3) is 0 Å². The monoisotopic (exact) mass is 301 g/mol. The number of hydrogen-bond acceptors (Lipinski definition) is 4. The van der Waals surface area contributed by atoms with Gasteiger partial charge in [-0.3, -0.25) is 14.8 Å². The standard InChI is InChI=1S/C16H19N3OS/c1-11-2-3-14-12(8-11)9-15(21-14)16(20)19-5-4-13-10-17-6-7-18-13/h6-7,9-11H,2-5,8H2,1H3,(H,19,20)/t11-/m1/s1. The summed E-state index contributed by atoms with van der Waals surface area (Å²) in [5, 5.41) is 2.97. The first-order valence-electron chi connectivity index (χ1n) is 7.37. The third-order valence-corrected chi connectivity index (χ3v) is 5.07. The average Bonchev–Trinajstić information content (AvgIpc) is 2.91. The summed E-state index contributed by atoms with van der Waals surface area (Å²) in [7, 11) is 0. The van der Waals surface area contributed by atoms with E-state index < -0.39 is 0 Å². The first-order valence-corrected chi connectivity index (χ1v) is 8.18. The quantitative estimate of drug-likeness (QED) is 0.944. The van der Waals surface area contributed by atoms with Crippen LogP contribution in [0.3, 0.4) is 0 Å². The molecule has 1 aliphatic carbocycles. The van der Waals surface area contributed by atoms with E-state index in [-0.39, 0.29) is 5.91 Å². The lowest BCUT2D eigenvalue weighted by Crippen LogP contribution is -2.25. The van der Waals surface area contributed by atoms with Gasteiger partial charge in [0.05, 0.1) is 10.6 Å². The molecule has 3 rings (SSSR count). The van der Waals surface area contributed by atoms with E-state index in [2.05, 4.69) is 28.3 Å². The molecule has 0 aromatic carbocycles. The fourth-order valence-corrected chi connectivity index (χ4v) is 3.79. The van der Waals surface area contributed by atoms with Crippen LogP contribution in [0.5, 0.6) is 0 Å². The predicted octanol–water partition coefficient (Wildman–Crippen LogP) is 2.64. The molecule has 0 unspecified atom stereocenters. The molecule has 0 spiro atoms. The Labute approximate surface area is 128 Å². The molecule has 0 fully saturated rings. The van der Waals surface area contributed by atoms with Crippen LogP contribution in [-0.2, 0) is 19.3 Å². The fourth-order valence-electron chi connectivity index (χ4n) is 2.67. The summed E-state index contributed by atoms with van der Waals surface area (Å²) in [6, 6.07) is 2.08. The van der Waals surface area contributed by atoms with Crippen molar-refractivity contribution in [1.29, 1.82) is 0 Å². The smallest absolute Gasteiger partial charge is 0.261 e. The first kappa shape index (κ1) is 14.2. The number of carbonyl (C=O) groups excluding carboxylic acids is 1. The number of amides is 1. The maximum Gasteiger partial charge on any atom is 0.261 e. The molecule has 0 saturated carbocycles. The third-order valence-electron chi connectivity index (χ3n) is 3.84. The van der Waals surface area contributed by atoms with E-state index >= 15 is 0 Å². The number of carbonyl (C=O) groups is 1. The van der Waals surface area contributed by atoms with Crippen molar-refractivity contribution in [3.8, 4) is 0 Å². The van der Waals surface area contributed by atoms with Crippen molar-refractivity contribution in [3.63, 3.8) is 0 Å². The van der Waals surface area contributed by atoms with Crippen LogP contribution in [0.4, 0.5) is 0 Å². The highest BCUT2D eigenvalue weighted by Gasteiger charge is 2.20. The molecule has 4 nitrogen and oxygen atoms in total. The van der Waals surface area contributed by atoms with Crippen LogP contribution in [-0.4, -0.2) is 22.4 Å². The molecular formula is C16H19N3OS. The minimum absolute atomic E-state index is 0.0333. The summed E-state index contributed by atoms with van der Waals surface area (Å²) in [6.45, 7) is 2.87. The Hall–Kier alpha value is -1.75. The highest BCUT2D eigenvalue weighted by atomic mass is 32.1. The van der Waals surface area contributed by atoms with Crippen LogP contribution >= 0.6 is 11.3 Å². The van der Waals surface area contributed by atoms with Gasteiger partial charge in [0.1, 0.15) is 0 Å². The Balaban J connectivity index is 1.56. The van der Waals surface area contributed by atoms with Gasteiger partial charge in [-0.05, 0) is 36.8 Å². The number of rotatable bonds is 4. The van der Waals surface area contributed by atoms with E-state index in [1.807, 2.05) is 0 Å². The molecule has 1 atom stereocenters. The van der Waals surface area contributed by atoms with Crippen molar-refractivity contribution in [1.82, 2.24) is 15.3 Å². The Bertz CT molecular complexity index is 624. The number of hydrogen-bond donors (Lipinski definition) is 1. The highest BCUT2D eigenvalue weighted by molar-refractivity contribution is 7.14. The third kappa shape index (κ3) is 3.47. The minimum atomic E-state index is 0.0333. The van der Waals surface area contributed by atoms with E-state index in [0.29, 0.717) is 13.0 Å². The molecule has 0 bridgehead atoms. The molecule has 5 heteroatoms. The zero-order valence-electron chi connectivity index (χ0n) is 12.1. The van der Waals surface area contributed by atoms with Crippen molar-refractivity contribution in [2.75, 3.05) is 6.54 Å². The summed E-state index contributed by atoms with van der Waals surface area (Å²) in [5.74, 6) is 0.769. The maximum absolute atomic E-state index is 12.2. The number of nitrogens with one attached hydrogen (secondary N) is 1. The second-order valence-electron chi connectivity index (χ2n) is 5.61. The van der Waals surface area contributed by atoms with Gasteiger partial charge >= 0.3 is 0 Å². The lowest BCUT2D eigenvalue weighted by Gasteiger charge is -2.16. The predicted molar refractivity (Wildman–Crippen MR) is 83.6 cm³/mol. The second kappa shape index (κ2) is 6.35. The lowest BCUT2D eigenvalue weighted by atomic mass is 9.90. The maximum atomic E-state index is 12.2. The van der Waals surface area contributed by atoms with Crippen molar-refractivity contribution >= 4 is 17.2 Å². The lowest BCUT2D eigenvalue weighted by molar-refractivity contribution is 0.0958. The Morgan fingerprint density at radius 2 is 2.38 bits per heavy atom. The van der Waals surface area contributed by atoms with Crippen LogP contribution in [0.15, 0.2) is 24.7 Å². The molecule has 1 amide bonds. The molecule has 2 aromatic rings. The zero-order chi connectivity index (χ0) is 14.7. The van der Waals surface area contributed by atoms with E-state index in [9.17, 15) is 4.79 Å². The molecule has 2 aromatic heterocycles. The second-order valence-corrected chi connectivity index (χ2v) is 6.75. The summed E-state index contributed by atoms with van der Waals surface area (Å²) < 4.78 is 0. The van der Waals surface area contributed by atoms with Crippen molar-refractivity contribution in [3.05, 3.63) is 45.7 Å². The van der Waals surface area contributed by atoms with Gasteiger partial charge in [-0.2, -0.15) is 0 Å². The summed E-state index contributed by atoms with van der Waals surface area (Å²) in [6.07, 6.45) is 9.23. The summed E-state index contributed by atoms with van der Waals surface area (Å²) in [5.41, 5.74) is 2.27. The molecular weight excluding hydrogens is 282 g/mol. The van der Waals surface area contributed by atoms with Gasteiger partial charge in [-0.1, -0.05) is 6.92 Å². The first-order chi connectivity index (χ1) is 10.2. The molecule has 1 aliphatic rings. The molecule has 0 radical (unpaired) electrons. The fraction of sp³-hybridized carbons (Fsp3) is 0.438. The van der Waals surface area contributed by atoms with Crippen LogP contribution in [0.1, 0.15) is 39.2 Å². The molecule has 0 saturated heterocycles. The van der Waals surface area contributed by atoms with Gasteiger partial charge in [-0.25, -0.2) is 0 Å². The number of aryl methyl sites for hydroxylation is 1. The van der Waals surface area contributed by atoms with Crippen molar-refractivity contribution < 1.29 is 4.79 Å². The normalized spacial score (nSPS) is 17.3. The van der Waals surface area contributed by atoms with E-state index in [0.717, 1.165) is 29.3 Å². The van der Waals surface area contributed by atoms with Gasteiger partial charge in [0.25, 0.3) is 5.91 Å². The Morgan fingerprint density at radius 3 is 3.19 bits per heavy atom. The van der Waals surface area contributed by atoms with E-state index in [1.165, 1.54) is 16.9 Å². The topological polar surface area (TPSA) is 54.9 Å². The molecule has 2 heterocycles. The summed E-state index contributed by atoms with van der Waals surface area (Å²) in [4.78, 5) is 22.7. The molecule has 0 aliphatic heterocycles. The van der Waals surface area contributed by atoms with Gasteiger partial charge in [0, 0.05) is 36.4 Å². The summed E-state index contributed by atoms with van der Waals surface area (Å²) >= 11 is 1.65. The average molecular weight is 301 g/mol. The SMILES string of the molecule is C[C@@H]1CCc2sc(C(=O)NCCc3cnccn3)cc2C1. The van der Waals surface area contributed by atoms with Crippen LogP contribution < -0.4 is 5.32 Å². The molecule has 110 valence electrons. The Morgan fingerprint density at radius 1 is 1.48 bits per heavy atom. The largest absolute Gasteiger partial charge is 0.351 e. The highest BCUT2D eigenvalue weighted by Crippen LogP contribution is 2.32. The van der Waals surface area contributed by atoms with Gasteiger partial charge in [-0.15, -0.1) is 11.3 Å². The van der Waals surface area contributed by atoms with E-state index in [1.54, 1.807) is 29.9 Å². The number of aromatic nitrogens is 2. The zero-order valence-corrected chi connectivity index (χ0v) is 12.9. The molecule has 21 heavy (non-hydrogen) atoms. The van der Waals surface area contributed by atoms with Crippen LogP contribution in [0.2, 0.25) is 0 Å². The van der Waals surface area contributed by atoms with Gasteiger partial charge in [0.15, 0.2) is 0 Å². The number of nitrogens with zero attached hydrogens (tertiary/aromatic N) is 2. The number of thiophene rings is 1. The number of fused-ring (bicyclic) bond motifs is 1. The van der Waals surface area contributed by atoms with E-state index in [4.69, 9.17) is 0 Å². The minimum Gasteiger partial charge on any atom is -0.351 e. The van der Waals surface area contributed by atoms with Crippen LogP contribution in [0, 0.1) is 5.92 Å². The van der Waals surface area contributed by atoms with Gasteiger partial charge in [0.2, 0.25) is 0 Å². The van der Waals surface area contributed by atoms with Gasteiger partial charge < -0.3 is 5.32 Å². The molecule has 1 N–H and O–H groups in total. The Kier molecular flexibility index (Phi) is 4.29.